The molecule has 0 saturated carbocycles. The average Bonchev–Trinajstić information content (AvgIpc) is 2.57. The summed E-state index contributed by atoms with van der Waals surface area (Å²) in [6.07, 6.45) is 3.36. The first-order valence-electron chi connectivity index (χ1n) is 8.08. The highest BCUT2D eigenvalue weighted by Crippen LogP contribution is 2.12. The van der Waals surface area contributed by atoms with Gasteiger partial charge in [0.05, 0.1) is 0 Å². The summed E-state index contributed by atoms with van der Waals surface area (Å²) < 4.78 is 13.9. The SMILES string of the molecule is CCC#CCc1ccc(C#Cc2ccc(CCC)c(F)c2)cc1. The molecular formula is C22H21F. The van der Waals surface area contributed by atoms with Crippen LogP contribution in [0.5, 0.6) is 0 Å². The van der Waals surface area contributed by atoms with Crippen molar-refractivity contribution in [2.75, 3.05) is 0 Å². The lowest BCUT2D eigenvalue weighted by atomic mass is 10.1. The van der Waals surface area contributed by atoms with Crippen LogP contribution < -0.4 is 0 Å². The number of halogens is 1. The Balaban J connectivity index is 2.08. The van der Waals surface area contributed by atoms with Gasteiger partial charge < -0.3 is 0 Å². The minimum absolute atomic E-state index is 0.163. The first-order chi connectivity index (χ1) is 11.2. The number of rotatable bonds is 3. The van der Waals surface area contributed by atoms with Gasteiger partial charge in [-0.15, -0.1) is 5.92 Å². The van der Waals surface area contributed by atoms with Crippen molar-refractivity contribution in [3.05, 3.63) is 70.5 Å². The van der Waals surface area contributed by atoms with E-state index in [1.807, 2.05) is 50.2 Å². The molecule has 2 aromatic rings. The Kier molecular flexibility index (Phi) is 6.46. The van der Waals surface area contributed by atoms with Crippen LogP contribution in [0.2, 0.25) is 0 Å². The zero-order valence-corrected chi connectivity index (χ0v) is 13.7. The quantitative estimate of drug-likeness (QED) is 0.689. The second kappa shape index (κ2) is 8.82. The van der Waals surface area contributed by atoms with Crippen LogP contribution in [0.1, 0.15) is 48.9 Å². The molecule has 23 heavy (non-hydrogen) atoms. The summed E-state index contributed by atoms with van der Waals surface area (Å²) in [4.78, 5) is 0. The van der Waals surface area contributed by atoms with E-state index in [0.29, 0.717) is 5.56 Å². The van der Waals surface area contributed by atoms with Gasteiger partial charge in [-0.1, -0.05) is 56.2 Å². The summed E-state index contributed by atoms with van der Waals surface area (Å²) in [5.41, 5.74) is 3.58. The Hall–Kier alpha value is -2.51. The summed E-state index contributed by atoms with van der Waals surface area (Å²) in [6, 6.07) is 13.3. The molecule has 2 rings (SSSR count). The number of hydrogen-bond donors (Lipinski definition) is 0. The Bertz CT molecular complexity index is 762. The zero-order chi connectivity index (χ0) is 16.5. The monoisotopic (exact) mass is 304 g/mol. The van der Waals surface area contributed by atoms with Gasteiger partial charge >= 0.3 is 0 Å². The van der Waals surface area contributed by atoms with Crippen molar-refractivity contribution >= 4 is 0 Å². The van der Waals surface area contributed by atoms with Crippen LogP contribution in [0.25, 0.3) is 0 Å². The third-order valence-electron chi connectivity index (χ3n) is 3.47. The zero-order valence-electron chi connectivity index (χ0n) is 13.7. The molecule has 0 bridgehead atoms. The average molecular weight is 304 g/mol. The van der Waals surface area contributed by atoms with Crippen molar-refractivity contribution in [1.82, 2.24) is 0 Å². The van der Waals surface area contributed by atoms with E-state index >= 15 is 0 Å². The van der Waals surface area contributed by atoms with Gasteiger partial charge in [0.2, 0.25) is 0 Å². The molecule has 0 amide bonds. The molecule has 1 heteroatoms. The van der Waals surface area contributed by atoms with Gasteiger partial charge in [0.1, 0.15) is 5.82 Å². The second-order valence-electron chi connectivity index (χ2n) is 5.39. The summed E-state index contributed by atoms with van der Waals surface area (Å²) in [5, 5.41) is 0. The molecular weight excluding hydrogens is 283 g/mol. The van der Waals surface area contributed by atoms with Crippen molar-refractivity contribution < 1.29 is 4.39 Å². The molecule has 0 aliphatic rings. The van der Waals surface area contributed by atoms with Crippen molar-refractivity contribution in [2.45, 2.75) is 39.5 Å². The van der Waals surface area contributed by atoms with Crippen LogP contribution >= 0.6 is 0 Å². The molecule has 0 nitrogen and oxygen atoms in total. The van der Waals surface area contributed by atoms with Crippen LogP contribution in [-0.4, -0.2) is 0 Å². The van der Waals surface area contributed by atoms with Gasteiger partial charge in [0.15, 0.2) is 0 Å². The van der Waals surface area contributed by atoms with Crippen molar-refractivity contribution in [3.8, 4) is 23.7 Å². The highest BCUT2D eigenvalue weighted by Gasteiger charge is 2.01. The summed E-state index contributed by atoms with van der Waals surface area (Å²) >= 11 is 0. The van der Waals surface area contributed by atoms with E-state index in [9.17, 15) is 4.39 Å². The fourth-order valence-electron chi connectivity index (χ4n) is 2.24. The lowest BCUT2D eigenvalue weighted by Crippen LogP contribution is -1.90. The molecule has 0 spiro atoms. The maximum absolute atomic E-state index is 13.9. The molecule has 0 unspecified atom stereocenters. The Morgan fingerprint density at radius 1 is 0.870 bits per heavy atom. The molecule has 2 aromatic carbocycles. The molecule has 0 aliphatic carbocycles. The van der Waals surface area contributed by atoms with E-state index in [-0.39, 0.29) is 5.82 Å². The van der Waals surface area contributed by atoms with E-state index in [1.165, 1.54) is 11.6 Å². The van der Waals surface area contributed by atoms with Gasteiger partial charge in [0, 0.05) is 24.0 Å². The van der Waals surface area contributed by atoms with E-state index in [1.54, 1.807) is 0 Å². The molecule has 0 atom stereocenters. The fraction of sp³-hybridized carbons (Fsp3) is 0.273. The normalized spacial score (nSPS) is 9.52. The summed E-state index contributed by atoms with van der Waals surface area (Å²) in [7, 11) is 0. The highest BCUT2D eigenvalue weighted by atomic mass is 19.1. The molecule has 0 aromatic heterocycles. The van der Waals surface area contributed by atoms with E-state index in [4.69, 9.17) is 0 Å². The number of aryl methyl sites for hydroxylation is 1. The minimum Gasteiger partial charge on any atom is -0.207 e. The molecule has 116 valence electrons. The Labute approximate surface area is 138 Å². The summed E-state index contributed by atoms with van der Waals surface area (Å²) in [6.45, 7) is 4.09. The van der Waals surface area contributed by atoms with Crippen LogP contribution in [0.3, 0.4) is 0 Å². The van der Waals surface area contributed by atoms with Crippen LogP contribution in [0, 0.1) is 29.5 Å². The molecule has 0 N–H and O–H groups in total. The third kappa shape index (κ3) is 5.32. The van der Waals surface area contributed by atoms with E-state index in [2.05, 4.69) is 23.7 Å². The topological polar surface area (TPSA) is 0 Å². The minimum atomic E-state index is -0.163. The van der Waals surface area contributed by atoms with Gasteiger partial charge in [-0.25, -0.2) is 4.39 Å². The predicted molar refractivity (Wildman–Crippen MR) is 94.6 cm³/mol. The largest absolute Gasteiger partial charge is 0.207 e. The van der Waals surface area contributed by atoms with Crippen LogP contribution in [0.15, 0.2) is 42.5 Å². The maximum Gasteiger partial charge on any atom is 0.127 e. The van der Waals surface area contributed by atoms with E-state index in [0.717, 1.165) is 36.8 Å². The van der Waals surface area contributed by atoms with Crippen molar-refractivity contribution in [1.29, 1.82) is 0 Å². The maximum atomic E-state index is 13.9. The van der Waals surface area contributed by atoms with Gasteiger partial charge in [-0.2, -0.15) is 0 Å². The van der Waals surface area contributed by atoms with Gasteiger partial charge in [-0.3, -0.25) is 0 Å². The molecule has 0 fully saturated rings. The van der Waals surface area contributed by atoms with Gasteiger partial charge in [-0.05, 0) is 41.8 Å². The summed E-state index contributed by atoms with van der Waals surface area (Å²) in [5.74, 6) is 12.1. The lowest BCUT2D eigenvalue weighted by Gasteiger charge is -2.01. The lowest BCUT2D eigenvalue weighted by molar-refractivity contribution is 0.607. The van der Waals surface area contributed by atoms with Crippen molar-refractivity contribution in [3.63, 3.8) is 0 Å². The molecule has 0 saturated heterocycles. The molecule has 0 aliphatic heterocycles. The van der Waals surface area contributed by atoms with Crippen molar-refractivity contribution in [2.24, 2.45) is 0 Å². The number of hydrogen-bond acceptors (Lipinski definition) is 0. The fourth-order valence-corrected chi connectivity index (χ4v) is 2.24. The van der Waals surface area contributed by atoms with Gasteiger partial charge in [0.25, 0.3) is 0 Å². The smallest absolute Gasteiger partial charge is 0.127 e. The first kappa shape index (κ1) is 16.9. The Morgan fingerprint density at radius 2 is 1.57 bits per heavy atom. The third-order valence-corrected chi connectivity index (χ3v) is 3.47. The molecule has 0 heterocycles. The molecule has 0 radical (unpaired) electrons. The Morgan fingerprint density at radius 3 is 2.22 bits per heavy atom. The standard InChI is InChI=1S/C22H21F/c1-3-5-6-8-18-9-11-19(12-10-18)13-14-20-15-16-21(7-4-2)22(23)17-20/h9-12,15-17H,3-4,7-8H2,1-2H3. The van der Waals surface area contributed by atoms with E-state index < -0.39 is 0 Å². The predicted octanol–water partition coefficient (Wildman–Crippen LogP) is 5.13. The highest BCUT2D eigenvalue weighted by molar-refractivity contribution is 5.44. The number of benzene rings is 2. The van der Waals surface area contributed by atoms with Crippen LogP contribution in [0.4, 0.5) is 4.39 Å². The first-order valence-corrected chi connectivity index (χ1v) is 8.08. The second-order valence-corrected chi connectivity index (χ2v) is 5.39. The van der Waals surface area contributed by atoms with Crippen LogP contribution in [-0.2, 0) is 12.8 Å².